The molecule has 6 nitrogen and oxygen atoms in total. The number of carbonyl (C=O) groups is 1. The molecule has 2 aromatic rings. The number of nitrogens with one attached hydrogen (secondary N) is 1. The summed E-state index contributed by atoms with van der Waals surface area (Å²) in [5.41, 5.74) is 1.18. The van der Waals surface area contributed by atoms with E-state index in [9.17, 15) is 4.79 Å². The van der Waals surface area contributed by atoms with Crippen molar-refractivity contribution in [1.82, 2.24) is 14.8 Å². The van der Waals surface area contributed by atoms with Crippen molar-refractivity contribution in [2.75, 3.05) is 12.4 Å². The summed E-state index contributed by atoms with van der Waals surface area (Å²) in [6.45, 7) is 1.83. The van der Waals surface area contributed by atoms with Gasteiger partial charge in [0.2, 0.25) is 0 Å². The number of anilines is 2. The second-order valence-electron chi connectivity index (χ2n) is 3.44. The van der Waals surface area contributed by atoms with E-state index in [2.05, 4.69) is 20.1 Å². The van der Waals surface area contributed by atoms with Crippen molar-refractivity contribution in [3.63, 3.8) is 0 Å². The van der Waals surface area contributed by atoms with Gasteiger partial charge in [-0.05, 0) is 6.92 Å². The van der Waals surface area contributed by atoms with Crippen LogP contribution in [0, 0.1) is 6.92 Å². The van der Waals surface area contributed by atoms with Gasteiger partial charge in [0, 0.05) is 18.1 Å². The number of rotatable bonds is 3. The molecule has 2 aromatic heterocycles. The molecule has 90 valence electrons. The number of aryl methyl sites for hydroxylation is 2. The summed E-state index contributed by atoms with van der Waals surface area (Å²) >= 11 is 1.40. The second-order valence-corrected chi connectivity index (χ2v) is 4.65. The Morgan fingerprint density at radius 3 is 2.94 bits per heavy atom. The topological polar surface area (TPSA) is 69.0 Å². The number of esters is 1. The van der Waals surface area contributed by atoms with Crippen LogP contribution in [0.1, 0.15) is 15.4 Å². The molecule has 7 heteroatoms. The highest BCUT2D eigenvalue weighted by Gasteiger charge is 2.15. The predicted octanol–water partition coefficient (Wildman–Crippen LogP) is 1.72. The van der Waals surface area contributed by atoms with Crippen LogP contribution in [0.15, 0.2) is 12.4 Å². The molecule has 1 N–H and O–H groups in total. The normalized spacial score (nSPS) is 10.3. The largest absolute Gasteiger partial charge is 0.464 e. The van der Waals surface area contributed by atoms with E-state index in [1.54, 1.807) is 10.9 Å². The number of ether oxygens (including phenoxy) is 1. The molecule has 0 radical (unpaired) electrons. The van der Waals surface area contributed by atoms with Gasteiger partial charge in [0.05, 0.1) is 19.0 Å². The summed E-state index contributed by atoms with van der Waals surface area (Å²) in [6, 6.07) is 0. The van der Waals surface area contributed by atoms with E-state index in [1.165, 1.54) is 18.4 Å². The van der Waals surface area contributed by atoms with Crippen LogP contribution in [0.4, 0.5) is 10.8 Å². The summed E-state index contributed by atoms with van der Waals surface area (Å²) in [7, 11) is 3.17. The molecule has 0 aliphatic rings. The third-order valence-electron chi connectivity index (χ3n) is 2.13. The predicted molar refractivity (Wildman–Crippen MR) is 64.7 cm³/mol. The van der Waals surface area contributed by atoms with E-state index < -0.39 is 5.97 Å². The van der Waals surface area contributed by atoms with Crippen LogP contribution in [-0.2, 0) is 11.8 Å². The molecule has 0 aliphatic carbocycles. The van der Waals surface area contributed by atoms with Crippen molar-refractivity contribution in [3.8, 4) is 0 Å². The lowest BCUT2D eigenvalue weighted by molar-refractivity contribution is 0.0594. The van der Waals surface area contributed by atoms with Gasteiger partial charge in [-0.2, -0.15) is 5.10 Å². The zero-order valence-electron chi connectivity index (χ0n) is 9.72. The first-order chi connectivity index (χ1) is 8.10. The second kappa shape index (κ2) is 4.54. The lowest BCUT2D eigenvalue weighted by atomic mass is 10.4. The van der Waals surface area contributed by atoms with Crippen molar-refractivity contribution in [2.24, 2.45) is 7.05 Å². The maximum atomic E-state index is 11.4. The Morgan fingerprint density at radius 2 is 2.35 bits per heavy atom. The number of nitrogens with zero attached hydrogens (tertiary/aromatic N) is 3. The van der Waals surface area contributed by atoms with Crippen LogP contribution in [0.5, 0.6) is 0 Å². The van der Waals surface area contributed by atoms with Gasteiger partial charge < -0.3 is 10.1 Å². The molecule has 0 atom stereocenters. The van der Waals surface area contributed by atoms with E-state index >= 15 is 0 Å². The van der Waals surface area contributed by atoms with E-state index in [1.807, 2.05) is 20.2 Å². The first kappa shape index (κ1) is 11.6. The van der Waals surface area contributed by atoms with Gasteiger partial charge in [-0.15, -0.1) is 11.3 Å². The molecule has 0 bridgehead atoms. The van der Waals surface area contributed by atoms with Crippen LogP contribution < -0.4 is 5.32 Å². The molecule has 0 saturated heterocycles. The number of thiazole rings is 1. The van der Waals surface area contributed by atoms with Gasteiger partial charge >= 0.3 is 5.97 Å². The van der Waals surface area contributed by atoms with Crippen molar-refractivity contribution < 1.29 is 9.53 Å². The van der Waals surface area contributed by atoms with Crippen LogP contribution in [0.3, 0.4) is 0 Å². The first-order valence-corrected chi connectivity index (χ1v) is 5.73. The van der Waals surface area contributed by atoms with E-state index in [-0.39, 0.29) is 0 Å². The smallest absolute Gasteiger partial charge is 0.357 e. The van der Waals surface area contributed by atoms with E-state index in [0.717, 1.165) is 10.6 Å². The van der Waals surface area contributed by atoms with E-state index in [4.69, 9.17) is 0 Å². The maximum Gasteiger partial charge on any atom is 0.357 e. The Labute approximate surface area is 102 Å². The van der Waals surface area contributed by atoms with Crippen LogP contribution >= 0.6 is 11.3 Å². The minimum atomic E-state index is -0.419. The average Bonchev–Trinajstić information content (AvgIpc) is 2.85. The number of methoxy groups -OCH3 is 1. The lowest BCUT2D eigenvalue weighted by Gasteiger charge is -1.96. The zero-order chi connectivity index (χ0) is 12.4. The minimum absolute atomic E-state index is 0.351. The molecular weight excluding hydrogens is 240 g/mol. The number of aromatic nitrogens is 3. The molecule has 0 unspecified atom stereocenters. The Bertz CT molecular complexity index is 546. The molecule has 0 fully saturated rings. The quantitative estimate of drug-likeness (QED) is 0.842. The molecule has 0 saturated carbocycles. The molecule has 0 amide bonds. The fraction of sp³-hybridized carbons (Fsp3) is 0.300. The van der Waals surface area contributed by atoms with Crippen molar-refractivity contribution in [1.29, 1.82) is 0 Å². The van der Waals surface area contributed by atoms with Gasteiger partial charge in [0.1, 0.15) is 0 Å². The fourth-order valence-electron chi connectivity index (χ4n) is 1.35. The molecule has 0 aromatic carbocycles. The summed E-state index contributed by atoms with van der Waals surface area (Å²) < 4.78 is 6.33. The number of hydrogen-bond donors (Lipinski definition) is 1. The van der Waals surface area contributed by atoms with Gasteiger partial charge in [-0.25, -0.2) is 9.78 Å². The Hall–Kier alpha value is -1.89. The van der Waals surface area contributed by atoms with Crippen molar-refractivity contribution in [2.45, 2.75) is 6.92 Å². The van der Waals surface area contributed by atoms with Crippen LogP contribution in [0.2, 0.25) is 0 Å². The monoisotopic (exact) mass is 252 g/mol. The Balaban J connectivity index is 2.20. The molecular formula is C10H12N4O2S. The van der Waals surface area contributed by atoms with Gasteiger partial charge in [-0.1, -0.05) is 0 Å². The number of hydrogen-bond acceptors (Lipinski definition) is 6. The summed E-state index contributed by atoms with van der Waals surface area (Å²) in [5, 5.41) is 7.76. The molecule has 2 rings (SSSR count). The Morgan fingerprint density at radius 1 is 1.59 bits per heavy atom. The number of carbonyl (C=O) groups excluding carboxylic acids is 1. The van der Waals surface area contributed by atoms with Gasteiger partial charge in [0.25, 0.3) is 0 Å². The highest BCUT2D eigenvalue weighted by Crippen LogP contribution is 2.25. The first-order valence-electron chi connectivity index (χ1n) is 4.91. The van der Waals surface area contributed by atoms with Crippen molar-refractivity contribution in [3.05, 3.63) is 23.0 Å². The zero-order valence-corrected chi connectivity index (χ0v) is 10.5. The molecule has 17 heavy (non-hydrogen) atoms. The minimum Gasteiger partial charge on any atom is -0.464 e. The maximum absolute atomic E-state index is 11.4. The summed E-state index contributed by atoms with van der Waals surface area (Å²) in [6.07, 6.45) is 3.52. The highest BCUT2D eigenvalue weighted by molar-refractivity contribution is 7.15. The highest BCUT2D eigenvalue weighted by atomic mass is 32.1. The molecule has 0 spiro atoms. The summed E-state index contributed by atoms with van der Waals surface area (Å²) in [5.74, 6) is -0.419. The van der Waals surface area contributed by atoms with Crippen LogP contribution in [-0.4, -0.2) is 27.8 Å². The van der Waals surface area contributed by atoms with E-state index in [0.29, 0.717) is 10.8 Å². The third kappa shape index (κ3) is 2.44. The lowest BCUT2D eigenvalue weighted by Crippen LogP contribution is -2.03. The third-order valence-corrected chi connectivity index (χ3v) is 3.02. The SMILES string of the molecule is COC(=O)c1nc(Nc2cnn(C)c2)sc1C. The van der Waals surface area contributed by atoms with Gasteiger partial charge in [-0.3, -0.25) is 4.68 Å². The van der Waals surface area contributed by atoms with Crippen LogP contribution in [0.25, 0.3) is 0 Å². The van der Waals surface area contributed by atoms with Gasteiger partial charge in [0.15, 0.2) is 10.8 Å². The summed E-state index contributed by atoms with van der Waals surface area (Å²) in [4.78, 5) is 16.4. The molecule has 2 heterocycles. The molecule has 0 aliphatic heterocycles. The standard InChI is InChI=1S/C10H12N4O2S/c1-6-8(9(15)16-3)13-10(17-6)12-7-4-11-14(2)5-7/h4-5H,1-3H3,(H,12,13). The Kier molecular flexibility index (Phi) is 3.10. The average molecular weight is 252 g/mol. The fourth-order valence-corrected chi connectivity index (χ4v) is 2.17. The van der Waals surface area contributed by atoms with Crippen molar-refractivity contribution >= 4 is 28.1 Å².